The molecule has 0 spiro atoms. The number of nitrogens with one attached hydrogen (secondary N) is 1. The predicted octanol–water partition coefficient (Wildman–Crippen LogP) is 3.27. The molecule has 11 heteroatoms. The SMILES string of the molecule is CN(CCCN1CCCC1)C(=O)Nc1cc(Oc2ccc([N+](=O)[O-])cc2F)ncn1. The van der Waals surface area contributed by atoms with E-state index in [1.165, 1.54) is 25.2 Å². The second-order valence-corrected chi connectivity index (χ2v) is 6.97. The van der Waals surface area contributed by atoms with Crippen molar-refractivity contribution in [3.05, 3.63) is 46.5 Å². The number of nitrogens with zero attached hydrogens (tertiary/aromatic N) is 5. The molecular weight excluding hydrogens is 395 g/mol. The van der Waals surface area contributed by atoms with Crippen molar-refractivity contribution < 1.29 is 18.8 Å². The number of anilines is 1. The fraction of sp³-hybridized carbons (Fsp3) is 0.421. The standard InChI is InChI=1S/C19H23FN6O4/c1-24(7-4-10-25-8-2-3-9-25)19(27)23-17-12-18(22-13-21-17)30-16-6-5-14(26(28)29)11-15(16)20/h5-6,11-13H,2-4,7-10H2,1H3,(H,21,22,23,27). The molecule has 30 heavy (non-hydrogen) atoms. The number of halogens is 1. The first-order valence-electron chi connectivity index (χ1n) is 9.60. The Bertz CT molecular complexity index is 906. The van der Waals surface area contributed by atoms with Crippen LogP contribution in [0.4, 0.5) is 20.7 Å². The summed E-state index contributed by atoms with van der Waals surface area (Å²) in [5.74, 6) is -0.940. The van der Waals surface area contributed by atoms with Gasteiger partial charge in [-0.05, 0) is 45.0 Å². The van der Waals surface area contributed by atoms with Gasteiger partial charge in [-0.3, -0.25) is 15.4 Å². The molecule has 10 nitrogen and oxygen atoms in total. The lowest BCUT2D eigenvalue weighted by Crippen LogP contribution is -2.34. The number of aromatic nitrogens is 2. The minimum absolute atomic E-state index is 0.00950. The van der Waals surface area contributed by atoms with Gasteiger partial charge in [0.25, 0.3) is 5.69 Å². The predicted molar refractivity (Wildman–Crippen MR) is 107 cm³/mol. The first-order valence-corrected chi connectivity index (χ1v) is 9.60. The molecule has 1 N–H and O–H groups in total. The first kappa shape index (κ1) is 21.4. The van der Waals surface area contributed by atoms with Crippen molar-refractivity contribution in [3.63, 3.8) is 0 Å². The van der Waals surface area contributed by atoms with Crippen LogP contribution in [-0.4, -0.2) is 63.9 Å². The Hall–Kier alpha value is -3.34. The van der Waals surface area contributed by atoms with Crippen LogP contribution < -0.4 is 10.1 Å². The molecule has 0 saturated carbocycles. The number of urea groups is 1. The van der Waals surface area contributed by atoms with Gasteiger partial charge >= 0.3 is 6.03 Å². The summed E-state index contributed by atoms with van der Waals surface area (Å²) in [6, 6.07) is 4.04. The molecule has 1 fully saturated rings. The van der Waals surface area contributed by atoms with E-state index in [0.717, 1.165) is 44.3 Å². The van der Waals surface area contributed by atoms with E-state index < -0.39 is 10.7 Å². The third kappa shape index (κ3) is 5.83. The molecule has 1 aromatic heterocycles. The van der Waals surface area contributed by atoms with Gasteiger partial charge in [0.05, 0.1) is 11.0 Å². The topological polar surface area (TPSA) is 114 Å². The van der Waals surface area contributed by atoms with E-state index in [1.807, 2.05) is 0 Å². The van der Waals surface area contributed by atoms with Crippen molar-refractivity contribution >= 4 is 17.5 Å². The van der Waals surface area contributed by atoms with Crippen LogP contribution in [0, 0.1) is 15.9 Å². The van der Waals surface area contributed by atoms with Crippen molar-refractivity contribution in [2.24, 2.45) is 0 Å². The minimum atomic E-state index is -0.897. The van der Waals surface area contributed by atoms with Gasteiger partial charge in [0.1, 0.15) is 12.1 Å². The maximum Gasteiger partial charge on any atom is 0.322 e. The molecule has 1 saturated heterocycles. The number of amides is 2. The van der Waals surface area contributed by atoms with Crippen LogP contribution >= 0.6 is 0 Å². The lowest BCUT2D eigenvalue weighted by atomic mass is 10.3. The molecule has 160 valence electrons. The number of benzene rings is 1. The highest BCUT2D eigenvalue weighted by atomic mass is 19.1. The summed E-state index contributed by atoms with van der Waals surface area (Å²) in [5.41, 5.74) is -0.386. The number of ether oxygens (including phenoxy) is 1. The maximum absolute atomic E-state index is 14.0. The molecule has 0 aliphatic carbocycles. The Balaban J connectivity index is 1.54. The number of nitro groups is 1. The summed E-state index contributed by atoms with van der Waals surface area (Å²) in [5, 5.41) is 13.3. The third-order valence-electron chi connectivity index (χ3n) is 4.73. The maximum atomic E-state index is 14.0. The minimum Gasteiger partial charge on any atom is -0.436 e. The zero-order chi connectivity index (χ0) is 21.5. The fourth-order valence-electron chi connectivity index (χ4n) is 3.11. The van der Waals surface area contributed by atoms with Crippen LogP contribution in [0.15, 0.2) is 30.6 Å². The average molecular weight is 418 g/mol. The van der Waals surface area contributed by atoms with Gasteiger partial charge in [0.2, 0.25) is 5.88 Å². The number of likely N-dealkylation sites (tertiary alicyclic amines) is 1. The second-order valence-electron chi connectivity index (χ2n) is 6.97. The van der Waals surface area contributed by atoms with Crippen molar-refractivity contribution in [3.8, 4) is 11.6 Å². The average Bonchev–Trinajstić information content (AvgIpc) is 3.23. The van der Waals surface area contributed by atoms with E-state index in [1.54, 1.807) is 11.9 Å². The Labute approximate surface area is 172 Å². The van der Waals surface area contributed by atoms with Crippen LogP contribution in [0.5, 0.6) is 11.6 Å². The van der Waals surface area contributed by atoms with Gasteiger partial charge in [-0.1, -0.05) is 0 Å². The van der Waals surface area contributed by atoms with Crippen molar-refractivity contribution in [1.29, 1.82) is 0 Å². The molecule has 0 unspecified atom stereocenters. The quantitative estimate of drug-likeness (QED) is 0.517. The number of nitro benzene ring substituents is 1. The first-order chi connectivity index (χ1) is 14.4. The summed E-state index contributed by atoms with van der Waals surface area (Å²) in [7, 11) is 1.70. The lowest BCUT2D eigenvalue weighted by molar-refractivity contribution is -0.385. The van der Waals surface area contributed by atoms with Crippen LogP contribution in [0.2, 0.25) is 0 Å². The largest absolute Gasteiger partial charge is 0.436 e. The van der Waals surface area contributed by atoms with Gasteiger partial charge < -0.3 is 14.5 Å². The second kappa shape index (κ2) is 9.92. The molecular formula is C19H23FN6O4. The van der Waals surface area contributed by atoms with Crippen molar-refractivity contribution in [2.45, 2.75) is 19.3 Å². The van der Waals surface area contributed by atoms with Crippen molar-refractivity contribution in [1.82, 2.24) is 19.8 Å². The number of non-ortho nitro benzene ring substituents is 1. The van der Waals surface area contributed by atoms with E-state index in [9.17, 15) is 19.3 Å². The lowest BCUT2D eigenvalue weighted by Gasteiger charge is -2.20. The summed E-state index contributed by atoms with van der Waals surface area (Å²) in [6.07, 6.45) is 4.51. The molecule has 1 aliphatic heterocycles. The Morgan fingerprint density at radius 2 is 2.10 bits per heavy atom. The molecule has 1 aliphatic rings. The van der Waals surface area contributed by atoms with E-state index in [-0.39, 0.29) is 29.2 Å². The Morgan fingerprint density at radius 3 is 2.80 bits per heavy atom. The molecule has 2 aromatic rings. The number of carbonyl (C=O) groups is 1. The molecule has 0 radical (unpaired) electrons. The number of hydrogen-bond acceptors (Lipinski definition) is 7. The Morgan fingerprint density at radius 1 is 1.33 bits per heavy atom. The molecule has 0 atom stereocenters. The van der Waals surface area contributed by atoms with Crippen LogP contribution in [0.1, 0.15) is 19.3 Å². The van der Waals surface area contributed by atoms with Gasteiger partial charge in [-0.2, -0.15) is 0 Å². The fourth-order valence-corrected chi connectivity index (χ4v) is 3.11. The summed E-state index contributed by atoms with van der Waals surface area (Å²) >= 11 is 0. The van der Waals surface area contributed by atoms with E-state index >= 15 is 0 Å². The number of hydrogen-bond donors (Lipinski definition) is 1. The zero-order valence-electron chi connectivity index (χ0n) is 16.6. The Kier molecular flexibility index (Phi) is 7.07. The van der Waals surface area contributed by atoms with Gasteiger partial charge in [-0.25, -0.2) is 19.2 Å². The highest BCUT2D eigenvalue weighted by Crippen LogP contribution is 2.27. The van der Waals surface area contributed by atoms with Crippen LogP contribution in [0.3, 0.4) is 0 Å². The highest BCUT2D eigenvalue weighted by molar-refractivity contribution is 5.88. The van der Waals surface area contributed by atoms with Gasteiger partial charge in [0, 0.05) is 25.7 Å². The van der Waals surface area contributed by atoms with Crippen LogP contribution in [0.25, 0.3) is 0 Å². The normalized spacial score (nSPS) is 13.8. The molecule has 0 bridgehead atoms. The van der Waals surface area contributed by atoms with Crippen molar-refractivity contribution in [2.75, 3.05) is 38.5 Å². The van der Waals surface area contributed by atoms with E-state index in [2.05, 4.69) is 20.2 Å². The summed E-state index contributed by atoms with van der Waals surface area (Å²) < 4.78 is 19.3. The molecule has 3 rings (SSSR count). The van der Waals surface area contributed by atoms with Crippen LogP contribution in [-0.2, 0) is 0 Å². The number of carbonyl (C=O) groups excluding carboxylic acids is 1. The third-order valence-corrected chi connectivity index (χ3v) is 4.73. The summed E-state index contributed by atoms with van der Waals surface area (Å²) in [4.78, 5) is 34.1. The van der Waals surface area contributed by atoms with Gasteiger partial charge in [-0.15, -0.1) is 0 Å². The molecule has 2 amide bonds. The highest BCUT2D eigenvalue weighted by Gasteiger charge is 2.15. The summed E-state index contributed by atoms with van der Waals surface area (Å²) in [6.45, 7) is 3.80. The van der Waals surface area contributed by atoms with Gasteiger partial charge in [0.15, 0.2) is 11.6 Å². The monoisotopic (exact) mass is 418 g/mol. The van der Waals surface area contributed by atoms with E-state index in [4.69, 9.17) is 4.74 Å². The smallest absolute Gasteiger partial charge is 0.322 e. The number of rotatable bonds is 8. The zero-order valence-corrected chi connectivity index (χ0v) is 16.6. The molecule has 2 heterocycles. The molecule has 1 aromatic carbocycles. The van der Waals surface area contributed by atoms with E-state index in [0.29, 0.717) is 6.54 Å².